The van der Waals surface area contributed by atoms with E-state index in [1.165, 1.54) is 7.11 Å². The second kappa shape index (κ2) is 7.56. The normalized spacial score (nSPS) is 19.8. The SMILES string of the molecule is COC(=O)CC1CC(c2ccc(C#N)cc2)N(C(=O)OC(C)(C)C)C1=O. The lowest BCUT2D eigenvalue weighted by molar-refractivity contribution is -0.144. The van der Waals surface area contributed by atoms with E-state index in [0.29, 0.717) is 17.5 Å². The third kappa shape index (κ3) is 4.39. The van der Waals surface area contributed by atoms with Gasteiger partial charge >= 0.3 is 12.1 Å². The first kappa shape index (κ1) is 19.4. The maximum atomic E-state index is 12.8. The summed E-state index contributed by atoms with van der Waals surface area (Å²) in [5, 5.41) is 8.93. The molecule has 2 atom stereocenters. The quantitative estimate of drug-likeness (QED) is 0.771. The van der Waals surface area contributed by atoms with Crippen molar-refractivity contribution in [2.45, 2.75) is 45.3 Å². The fraction of sp³-hybridized carbons (Fsp3) is 0.474. The molecule has 2 rings (SSSR count). The number of esters is 1. The van der Waals surface area contributed by atoms with E-state index >= 15 is 0 Å². The number of methoxy groups -OCH3 is 1. The Morgan fingerprint density at radius 2 is 1.88 bits per heavy atom. The smallest absolute Gasteiger partial charge is 0.417 e. The molecule has 1 aliphatic heterocycles. The van der Waals surface area contributed by atoms with Crippen molar-refractivity contribution >= 4 is 18.0 Å². The second-order valence-corrected chi connectivity index (χ2v) is 7.15. The summed E-state index contributed by atoms with van der Waals surface area (Å²) >= 11 is 0. The standard InChI is InChI=1S/C19H22N2O5/c1-19(2,3)26-18(24)21-15(13-7-5-12(11-20)6-8-13)9-14(17(21)23)10-16(22)25-4/h5-8,14-15H,9-10H2,1-4H3. The molecule has 1 fully saturated rings. The highest BCUT2D eigenvalue weighted by atomic mass is 16.6. The van der Waals surface area contributed by atoms with Crippen LogP contribution in [0.4, 0.5) is 4.79 Å². The van der Waals surface area contributed by atoms with Gasteiger partial charge < -0.3 is 9.47 Å². The van der Waals surface area contributed by atoms with Crippen molar-refractivity contribution in [2.75, 3.05) is 7.11 Å². The number of carbonyl (C=O) groups excluding carboxylic acids is 3. The highest BCUT2D eigenvalue weighted by Crippen LogP contribution is 2.39. The fourth-order valence-electron chi connectivity index (χ4n) is 2.87. The minimum Gasteiger partial charge on any atom is -0.469 e. The molecular weight excluding hydrogens is 336 g/mol. The zero-order chi connectivity index (χ0) is 19.5. The number of hydrogen-bond donors (Lipinski definition) is 0. The minimum absolute atomic E-state index is 0.0958. The Morgan fingerprint density at radius 1 is 1.27 bits per heavy atom. The van der Waals surface area contributed by atoms with Crippen LogP contribution in [0.15, 0.2) is 24.3 Å². The molecule has 1 saturated heterocycles. The maximum Gasteiger partial charge on any atom is 0.417 e. The molecular formula is C19H22N2O5. The van der Waals surface area contributed by atoms with Crippen molar-refractivity contribution in [3.63, 3.8) is 0 Å². The van der Waals surface area contributed by atoms with Gasteiger partial charge in [0.1, 0.15) is 5.60 Å². The highest BCUT2D eigenvalue weighted by molar-refractivity contribution is 5.97. The van der Waals surface area contributed by atoms with Crippen LogP contribution in [0.5, 0.6) is 0 Å². The number of carbonyl (C=O) groups is 3. The lowest BCUT2D eigenvalue weighted by Gasteiger charge is -2.27. The van der Waals surface area contributed by atoms with Crippen LogP contribution in [0.3, 0.4) is 0 Å². The molecule has 0 N–H and O–H groups in total. The van der Waals surface area contributed by atoms with Crippen molar-refractivity contribution in [3.05, 3.63) is 35.4 Å². The molecule has 0 spiro atoms. The monoisotopic (exact) mass is 358 g/mol. The molecule has 2 unspecified atom stereocenters. The van der Waals surface area contributed by atoms with Gasteiger partial charge in [-0.1, -0.05) is 12.1 Å². The van der Waals surface area contributed by atoms with E-state index in [1.807, 2.05) is 6.07 Å². The Morgan fingerprint density at radius 3 is 2.38 bits per heavy atom. The van der Waals surface area contributed by atoms with Crippen LogP contribution in [0.1, 0.15) is 50.8 Å². The Balaban J connectivity index is 2.34. The lowest BCUT2D eigenvalue weighted by atomic mass is 9.97. The average molecular weight is 358 g/mol. The van der Waals surface area contributed by atoms with Gasteiger partial charge in [0, 0.05) is 0 Å². The van der Waals surface area contributed by atoms with Gasteiger partial charge in [-0.3, -0.25) is 9.59 Å². The van der Waals surface area contributed by atoms with E-state index in [9.17, 15) is 14.4 Å². The lowest BCUT2D eigenvalue weighted by Crippen LogP contribution is -2.40. The first-order valence-corrected chi connectivity index (χ1v) is 8.29. The molecule has 1 aromatic rings. The van der Waals surface area contributed by atoms with Crippen LogP contribution < -0.4 is 0 Å². The van der Waals surface area contributed by atoms with Crippen LogP contribution in [-0.2, 0) is 19.1 Å². The predicted octanol–water partition coefficient (Wildman–Crippen LogP) is 2.95. The zero-order valence-electron chi connectivity index (χ0n) is 15.3. The topological polar surface area (TPSA) is 96.7 Å². The number of nitriles is 1. The molecule has 1 heterocycles. The van der Waals surface area contributed by atoms with Crippen molar-refractivity contribution in [1.29, 1.82) is 5.26 Å². The number of rotatable bonds is 3. The molecule has 0 radical (unpaired) electrons. The van der Waals surface area contributed by atoms with Gasteiger partial charge in [-0.15, -0.1) is 0 Å². The van der Waals surface area contributed by atoms with Crippen LogP contribution in [-0.4, -0.2) is 35.6 Å². The Labute approximate surface area is 152 Å². The van der Waals surface area contributed by atoms with Crippen molar-refractivity contribution in [2.24, 2.45) is 5.92 Å². The summed E-state index contributed by atoms with van der Waals surface area (Å²) in [4.78, 5) is 38.0. The van der Waals surface area contributed by atoms with E-state index in [1.54, 1.807) is 45.0 Å². The number of amides is 2. The van der Waals surface area contributed by atoms with Crippen LogP contribution >= 0.6 is 0 Å². The van der Waals surface area contributed by atoms with Gasteiger partial charge in [0.25, 0.3) is 0 Å². The van der Waals surface area contributed by atoms with Crippen molar-refractivity contribution < 1.29 is 23.9 Å². The summed E-state index contributed by atoms with van der Waals surface area (Å²) in [6, 6.07) is 8.13. The van der Waals surface area contributed by atoms with Gasteiger partial charge in [-0.05, 0) is 44.9 Å². The molecule has 0 aliphatic carbocycles. The summed E-state index contributed by atoms with van der Waals surface area (Å²) in [6.45, 7) is 5.15. The average Bonchev–Trinajstić information content (AvgIpc) is 2.90. The number of imide groups is 1. The number of benzene rings is 1. The minimum atomic E-state index is -0.757. The van der Waals surface area contributed by atoms with Gasteiger partial charge in [-0.25, -0.2) is 9.69 Å². The Kier molecular flexibility index (Phi) is 5.66. The summed E-state index contributed by atoms with van der Waals surface area (Å²) in [5.41, 5.74) is 0.427. The Bertz CT molecular complexity index is 743. The molecule has 7 heteroatoms. The highest BCUT2D eigenvalue weighted by Gasteiger charge is 2.46. The molecule has 7 nitrogen and oxygen atoms in total. The Hall–Kier alpha value is -2.88. The van der Waals surface area contributed by atoms with Gasteiger partial charge in [-0.2, -0.15) is 5.26 Å². The number of ether oxygens (including phenoxy) is 2. The van der Waals surface area contributed by atoms with E-state index in [2.05, 4.69) is 4.74 Å². The third-order valence-corrected chi connectivity index (χ3v) is 4.06. The molecule has 0 aromatic heterocycles. The number of hydrogen-bond acceptors (Lipinski definition) is 6. The molecule has 1 aromatic carbocycles. The van der Waals surface area contributed by atoms with Crippen LogP contribution in [0.2, 0.25) is 0 Å². The van der Waals surface area contributed by atoms with Gasteiger partial charge in [0.15, 0.2) is 0 Å². The molecule has 138 valence electrons. The van der Waals surface area contributed by atoms with E-state index in [4.69, 9.17) is 10.00 Å². The fourth-order valence-corrected chi connectivity index (χ4v) is 2.87. The van der Waals surface area contributed by atoms with Crippen molar-refractivity contribution in [1.82, 2.24) is 4.90 Å². The molecule has 2 amide bonds. The van der Waals surface area contributed by atoms with E-state index in [0.717, 1.165) is 4.90 Å². The summed E-state index contributed by atoms with van der Waals surface area (Å²) in [6.07, 6.45) is -0.551. The van der Waals surface area contributed by atoms with Crippen molar-refractivity contribution in [3.8, 4) is 6.07 Å². The third-order valence-electron chi connectivity index (χ3n) is 4.06. The molecule has 1 aliphatic rings. The maximum absolute atomic E-state index is 12.8. The van der Waals surface area contributed by atoms with E-state index < -0.39 is 35.5 Å². The predicted molar refractivity (Wildman–Crippen MR) is 91.7 cm³/mol. The van der Waals surface area contributed by atoms with Gasteiger partial charge in [0.05, 0.1) is 37.1 Å². The molecule has 0 saturated carbocycles. The molecule has 0 bridgehead atoms. The van der Waals surface area contributed by atoms with Crippen LogP contribution in [0.25, 0.3) is 0 Å². The summed E-state index contributed by atoms with van der Waals surface area (Å²) in [5.74, 6) is -1.62. The second-order valence-electron chi connectivity index (χ2n) is 7.15. The zero-order valence-corrected chi connectivity index (χ0v) is 15.3. The van der Waals surface area contributed by atoms with E-state index in [-0.39, 0.29) is 6.42 Å². The van der Waals surface area contributed by atoms with Gasteiger partial charge in [0.2, 0.25) is 5.91 Å². The summed E-state index contributed by atoms with van der Waals surface area (Å²) < 4.78 is 10.0. The molecule has 26 heavy (non-hydrogen) atoms. The number of likely N-dealkylation sites (tertiary alicyclic amines) is 1. The van der Waals surface area contributed by atoms with Crippen LogP contribution in [0, 0.1) is 17.2 Å². The first-order chi connectivity index (χ1) is 12.2. The summed E-state index contributed by atoms with van der Waals surface area (Å²) in [7, 11) is 1.26. The first-order valence-electron chi connectivity index (χ1n) is 8.29. The largest absolute Gasteiger partial charge is 0.469 e. The number of nitrogens with zero attached hydrogens (tertiary/aromatic N) is 2.